The lowest BCUT2D eigenvalue weighted by Gasteiger charge is -2.27. The normalized spacial score (nSPS) is 14.5. The van der Waals surface area contributed by atoms with Gasteiger partial charge in [-0.1, -0.05) is 35.9 Å². The molecule has 0 amide bonds. The van der Waals surface area contributed by atoms with E-state index >= 15 is 0 Å². The lowest BCUT2D eigenvalue weighted by Crippen LogP contribution is -2.42. The van der Waals surface area contributed by atoms with Gasteiger partial charge < -0.3 is 16.0 Å². The third-order valence-corrected chi connectivity index (χ3v) is 6.19. The third kappa shape index (κ3) is 6.34. The SMILES string of the molecule is CN(C)Sc1ccccc1Nc1nc(Nc2ccc(CN3CCNCC3)cc2)ncc1Cl. The molecule has 1 saturated heterocycles. The van der Waals surface area contributed by atoms with Crippen molar-refractivity contribution < 1.29 is 0 Å². The zero-order chi connectivity index (χ0) is 22.3. The van der Waals surface area contributed by atoms with E-state index in [4.69, 9.17) is 11.6 Å². The topological polar surface area (TPSA) is 68.3 Å². The van der Waals surface area contributed by atoms with Gasteiger partial charge in [-0.2, -0.15) is 4.98 Å². The Morgan fingerprint density at radius 1 is 1.06 bits per heavy atom. The molecule has 0 saturated carbocycles. The van der Waals surface area contributed by atoms with Crippen molar-refractivity contribution in [2.45, 2.75) is 11.4 Å². The smallest absolute Gasteiger partial charge is 0.229 e. The van der Waals surface area contributed by atoms with E-state index in [0.717, 1.165) is 49.0 Å². The Balaban J connectivity index is 1.44. The zero-order valence-electron chi connectivity index (χ0n) is 18.3. The van der Waals surface area contributed by atoms with Crippen molar-refractivity contribution in [3.63, 3.8) is 0 Å². The fourth-order valence-corrected chi connectivity index (χ4v) is 4.33. The lowest BCUT2D eigenvalue weighted by atomic mass is 10.2. The second-order valence-electron chi connectivity index (χ2n) is 7.76. The predicted octanol–water partition coefficient (Wildman–Crippen LogP) is 4.59. The van der Waals surface area contributed by atoms with E-state index in [-0.39, 0.29) is 0 Å². The van der Waals surface area contributed by atoms with Gasteiger partial charge in [0.05, 0.1) is 11.9 Å². The largest absolute Gasteiger partial charge is 0.338 e. The molecule has 2 aromatic carbocycles. The van der Waals surface area contributed by atoms with Crippen LogP contribution in [0.3, 0.4) is 0 Å². The molecule has 0 atom stereocenters. The summed E-state index contributed by atoms with van der Waals surface area (Å²) in [6, 6.07) is 16.5. The molecule has 3 N–H and O–H groups in total. The van der Waals surface area contributed by atoms with Gasteiger partial charge in [0.2, 0.25) is 5.95 Å². The van der Waals surface area contributed by atoms with Crippen LogP contribution in [0.5, 0.6) is 0 Å². The molecule has 9 heteroatoms. The Kier molecular flexibility index (Phi) is 7.83. The highest BCUT2D eigenvalue weighted by atomic mass is 35.5. The molecule has 4 rings (SSSR count). The van der Waals surface area contributed by atoms with Crippen molar-refractivity contribution in [3.8, 4) is 0 Å². The standard InChI is InChI=1S/C23H28ClN7S/c1-30(2)32-21-6-4-3-5-20(21)28-22-19(24)15-26-23(29-22)27-18-9-7-17(8-10-18)16-31-13-11-25-12-14-31/h3-10,15,25H,11-14,16H2,1-2H3,(H2,26,27,28,29). The molecule has 2 heterocycles. The molecule has 1 aromatic heterocycles. The molecule has 0 bridgehead atoms. The average molecular weight is 470 g/mol. The van der Waals surface area contributed by atoms with Crippen LogP contribution < -0.4 is 16.0 Å². The van der Waals surface area contributed by atoms with Crippen LogP contribution in [0.2, 0.25) is 5.02 Å². The second-order valence-corrected chi connectivity index (χ2v) is 9.52. The maximum atomic E-state index is 6.38. The number of rotatable bonds is 8. The summed E-state index contributed by atoms with van der Waals surface area (Å²) in [5.41, 5.74) is 3.17. The Bertz CT molecular complexity index is 1020. The highest BCUT2D eigenvalue weighted by Gasteiger charge is 2.11. The van der Waals surface area contributed by atoms with Gasteiger partial charge in [-0.05, 0) is 55.9 Å². The summed E-state index contributed by atoms with van der Waals surface area (Å²) in [7, 11) is 4.02. The van der Waals surface area contributed by atoms with E-state index in [1.165, 1.54) is 5.56 Å². The summed E-state index contributed by atoms with van der Waals surface area (Å²) in [6.07, 6.45) is 1.61. The molecule has 1 fully saturated rings. The van der Waals surface area contributed by atoms with E-state index in [0.29, 0.717) is 16.8 Å². The summed E-state index contributed by atoms with van der Waals surface area (Å²) in [6.45, 7) is 5.26. The Hall–Kier alpha value is -2.36. The van der Waals surface area contributed by atoms with Gasteiger partial charge in [-0.3, -0.25) is 9.21 Å². The van der Waals surface area contributed by atoms with E-state index in [1.807, 2.05) is 36.6 Å². The van der Waals surface area contributed by atoms with Crippen molar-refractivity contribution in [3.05, 3.63) is 65.3 Å². The highest BCUT2D eigenvalue weighted by Crippen LogP contribution is 2.32. The van der Waals surface area contributed by atoms with Gasteiger partial charge in [0.15, 0.2) is 5.82 Å². The van der Waals surface area contributed by atoms with Gasteiger partial charge in [0.1, 0.15) is 5.02 Å². The first kappa shape index (κ1) is 22.8. The summed E-state index contributed by atoms with van der Waals surface area (Å²) in [4.78, 5) is 12.5. The fourth-order valence-electron chi connectivity index (χ4n) is 3.44. The number of aromatic nitrogens is 2. The van der Waals surface area contributed by atoms with Crippen LogP contribution in [0.4, 0.5) is 23.1 Å². The number of nitrogens with one attached hydrogen (secondary N) is 3. The van der Waals surface area contributed by atoms with Crippen molar-refractivity contribution >= 4 is 46.7 Å². The molecule has 0 aliphatic carbocycles. The van der Waals surface area contributed by atoms with E-state index < -0.39 is 0 Å². The molecule has 0 unspecified atom stereocenters. The minimum absolute atomic E-state index is 0.464. The molecule has 0 radical (unpaired) electrons. The molecule has 32 heavy (non-hydrogen) atoms. The van der Waals surface area contributed by atoms with Crippen molar-refractivity contribution in [2.75, 3.05) is 50.9 Å². The van der Waals surface area contributed by atoms with Crippen LogP contribution >= 0.6 is 23.5 Å². The molecular formula is C23H28ClN7S. The van der Waals surface area contributed by atoms with Crippen LogP contribution in [-0.4, -0.2) is 59.4 Å². The van der Waals surface area contributed by atoms with Crippen LogP contribution in [0.1, 0.15) is 5.56 Å². The number of halogens is 1. The van der Waals surface area contributed by atoms with E-state index in [2.05, 4.69) is 61.2 Å². The number of hydrogen-bond donors (Lipinski definition) is 3. The second kappa shape index (κ2) is 11.0. The minimum Gasteiger partial charge on any atom is -0.338 e. The molecule has 7 nitrogen and oxygen atoms in total. The van der Waals surface area contributed by atoms with Crippen molar-refractivity contribution in [1.29, 1.82) is 0 Å². The van der Waals surface area contributed by atoms with Crippen LogP contribution in [0, 0.1) is 0 Å². The van der Waals surface area contributed by atoms with Crippen molar-refractivity contribution in [2.24, 2.45) is 0 Å². The molecule has 0 spiro atoms. The lowest BCUT2D eigenvalue weighted by molar-refractivity contribution is 0.233. The number of piperazine rings is 1. The fraction of sp³-hybridized carbons (Fsp3) is 0.304. The Labute approximate surface area is 198 Å². The molecule has 1 aliphatic heterocycles. The van der Waals surface area contributed by atoms with Gasteiger partial charge >= 0.3 is 0 Å². The summed E-state index contributed by atoms with van der Waals surface area (Å²) in [5.74, 6) is 1.05. The maximum Gasteiger partial charge on any atom is 0.229 e. The first-order valence-corrected chi connectivity index (χ1v) is 11.7. The van der Waals surface area contributed by atoms with Crippen LogP contribution in [0.25, 0.3) is 0 Å². The predicted molar refractivity (Wildman–Crippen MR) is 134 cm³/mol. The Morgan fingerprint density at radius 2 is 1.81 bits per heavy atom. The number of benzene rings is 2. The van der Waals surface area contributed by atoms with Crippen molar-refractivity contribution in [1.82, 2.24) is 24.5 Å². The molecule has 3 aromatic rings. The first-order chi connectivity index (χ1) is 15.6. The average Bonchev–Trinajstić information content (AvgIpc) is 2.79. The number of hydrogen-bond acceptors (Lipinski definition) is 8. The minimum atomic E-state index is 0.464. The summed E-state index contributed by atoms with van der Waals surface area (Å²) < 4.78 is 2.04. The van der Waals surface area contributed by atoms with Gasteiger partial charge in [-0.15, -0.1) is 0 Å². The summed E-state index contributed by atoms with van der Waals surface area (Å²) in [5, 5.41) is 10.5. The number of anilines is 4. The number of nitrogens with zero attached hydrogens (tertiary/aromatic N) is 4. The first-order valence-electron chi connectivity index (χ1n) is 10.6. The van der Waals surface area contributed by atoms with Crippen LogP contribution in [0.15, 0.2) is 59.6 Å². The molecule has 168 valence electrons. The van der Waals surface area contributed by atoms with E-state index in [1.54, 1.807) is 18.1 Å². The van der Waals surface area contributed by atoms with Gasteiger partial charge in [-0.25, -0.2) is 4.98 Å². The number of para-hydroxylation sites is 1. The van der Waals surface area contributed by atoms with E-state index in [9.17, 15) is 0 Å². The maximum absolute atomic E-state index is 6.38. The highest BCUT2D eigenvalue weighted by molar-refractivity contribution is 7.97. The zero-order valence-corrected chi connectivity index (χ0v) is 19.9. The third-order valence-electron chi connectivity index (χ3n) is 4.99. The molecular weight excluding hydrogens is 442 g/mol. The van der Waals surface area contributed by atoms with Gasteiger partial charge in [0.25, 0.3) is 0 Å². The van der Waals surface area contributed by atoms with Gasteiger partial charge in [0, 0.05) is 43.3 Å². The quantitative estimate of drug-likeness (QED) is 0.414. The molecule has 1 aliphatic rings. The monoisotopic (exact) mass is 469 g/mol. The Morgan fingerprint density at radius 3 is 2.56 bits per heavy atom. The summed E-state index contributed by atoms with van der Waals surface area (Å²) >= 11 is 8.01. The van der Waals surface area contributed by atoms with Crippen LogP contribution in [-0.2, 0) is 6.54 Å².